The lowest BCUT2D eigenvalue weighted by Gasteiger charge is -2.25. The highest BCUT2D eigenvalue weighted by molar-refractivity contribution is 5.80. The zero-order valence-electron chi connectivity index (χ0n) is 10.6. The lowest BCUT2D eigenvalue weighted by Crippen LogP contribution is -2.48. The zero-order valence-corrected chi connectivity index (χ0v) is 10.6. The molecule has 0 saturated heterocycles. The minimum Gasteiger partial charge on any atom is -0.358 e. The second-order valence-electron chi connectivity index (χ2n) is 3.89. The van der Waals surface area contributed by atoms with Gasteiger partial charge in [-0.25, -0.2) is 0 Å². The lowest BCUT2D eigenvalue weighted by atomic mass is 10.2. The third-order valence-electron chi connectivity index (χ3n) is 2.60. The van der Waals surface area contributed by atoms with Gasteiger partial charge in [-0.2, -0.15) is 0 Å². The summed E-state index contributed by atoms with van der Waals surface area (Å²) in [6.45, 7) is 11.4. The van der Waals surface area contributed by atoms with E-state index < -0.39 is 0 Å². The Morgan fingerprint density at radius 2 is 1.80 bits per heavy atom. The highest BCUT2D eigenvalue weighted by Crippen LogP contribution is 1.93. The molecule has 4 heteroatoms. The maximum Gasteiger partial charge on any atom is 0.236 e. The van der Waals surface area contributed by atoms with E-state index in [0.29, 0.717) is 6.04 Å². The van der Waals surface area contributed by atoms with E-state index >= 15 is 0 Å². The van der Waals surface area contributed by atoms with Gasteiger partial charge in [-0.3, -0.25) is 4.79 Å². The number of hydrogen-bond acceptors (Lipinski definition) is 3. The van der Waals surface area contributed by atoms with Gasteiger partial charge in [0, 0.05) is 19.6 Å². The molecule has 1 amide bonds. The highest BCUT2D eigenvalue weighted by Gasteiger charge is 2.14. The van der Waals surface area contributed by atoms with E-state index in [0.717, 1.165) is 19.6 Å². The van der Waals surface area contributed by atoms with Crippen LogP contribution in [0.4, 0.5) is 0 Å². The number of carbonyl (C=O) groups is 1. The molecule has 0 aliphatic carbocycles. The fraction of sp³-hybridized carbons (Fsp3) is 0.909. The first-order valence-corrected chi connectivity index (χ1v) is 5.75. The predicted molar refractivity (Wildman–Crippen MR) is 63.9 cm³/mol. The van der Waals surface area contributed by atoms with Crippen molar-refractivity contribution in [3.8, 4) is 0 Å². The summed E-state index contributed by atoms with van der Waals surface area (Å²) in [6.07, 6.45) is 0. The van der Waals surface area contributed by atoms with Gasteiger partial charge in [0.25, 0.3) is 0 Å². The summed E-state index contributed by atoms with van der Waals surface area (Å²) < 4.78 is 0. The maximum atomic E-state index is 11.3. The van der Waals surface area contributed by atoms with E-state index in [1.165, 1.54) is 0 Å². The van der Waals surface area contributed by atoms with Crippen LogP contribution in [0.5, 0.6) is 0 Å². The van der Waals surface area contributed by atoms with E-state index in [-0.39, 0.29) is 11.9 Å². The summed E-state index contributed by atoms with van der Waals surface area (Å²) in [7, 11) is 1.66. The predicted octanol–water partition coefficient (Wildman–Crippen LogP) is 0.441. The Morgan fingerprint density at radius 3 is 2.20 bits per heavy atom. The van der Waals surface area contributed by atoms with Crippen molar-refractivity contribution < 1.29 is 4.79 Å². The van der Waals surface area contributed by atoms with Gasteiger partial charge in [0.2, 0.25) is 5.91 Å². The Kier molecular flexibility index (Phi) is 7.34. The first kappa shape index (κ1) is 14.4. The van der Waals surface area contributed by atoms with Crippen molar-refractivity contribution in [1.82, 2.24) is 15.5 Å². The minimum atomic E-state index is -0.124. The Morgan fingerprint density at radius 1 is 1.27 bits per heavy atom. The van der Waals surface area contributed by atoms with Crippen molar-refractivity contribution in [3.05, 3.63) is 0 Å². The van der Waals surface area contributed by atoms with Gasteiger partial charge in [0.05, 0.1) is 6.04 Å². The first-order valence-electron chi connectivity index (χ1n) is 5.75. The summed E-state index contributed by atoms with van der Waals surface area (Å²) in [5.41, 5.74) is 0. The number of rotatable bonds is 7. The van der Waals surface area contributed by atoms with Crippen LogP contribution in [0.2, 0.25) is 0 Å². The van der Waals surface area contributed by atoms with Crippen molar-refractivity contribution in [3.63, 3.8) is 0 Å². The standard InChI is InChI=1S/C11H25N3O/c1-6-14(7-2)8-9(3)13-10(4)11(15)12-5/h9-10,13H,6-8H2,1-5H3,(H,12,15). The number of nitrogens with one attached hydrogen (secondary N) is 2. The smallest absolute Gasteiger partial charge is 0.236 e. The van der Waals surface area contributed by atoms with Crippen LogP contribution in [0.15, 0.2) is 0 Å². The zero-order chi connectivity index (χ0) is 11.8. The van der Waals surface area contributed by atoms with E-state index in [1.807, 2.05) is 6.92 Å². The first-order chi connectivity index (χ1) is 7.04. The van der Waals surface area contributed by atoms with Crippen LogP contribution in [-0.2, 0) is 4.79 Å². The Balaban J connectivity index is 3.91. The molecule has 0 saturated carbocycles. The van der Waals surface area contributed by atoms with Crippen LogP contribution in [0.1, 0.15) is 27.7 Å². The quantitative estimate of drug-likeness (QED) is 0.648. The number of amides is 1. The van der Waals surface area contributed by atoms with Gasteiger partial charge in [-0.1, -0.05) is 13.8 Å². The lowest BCUT2D eigenvalue weighted by molar-refractivity contribution is -0.122. The molecule has 0 heterocycles. The van der Waals surface area contributed by atoms with E-state index in [1.54, 1.807) is 7.05 Å². The van der Waals surface area contributed by atoms with Gasteiger partial charge in [0.15, 0.2) is 0 Å². The molecule has 0 radical (unpaired) electrons. The number of nitrogens with zero attached hydrogens (tertiary/aromatic N) is 1. The molecular formula is C11H25N3O. The molecule has 0 aromatic rings. The summed E-state index contributed by atoms with van der Waals surface area (Å²) >= 11 is 0. The van der Waals surface area contributed by atoms with Crippen LogP contribution in [-0.4, -0.2) is 49.6 Å². The van der Waals surface area contributed by atoms with Crippen LogP contribution >= 0.6 is 0 Å². The number of likely N-dealkylation sites (N-methyl/N-ethyl adjacent to an activating group) is 2. The summed E-state index contributed by atoms with van der Waals surface area (Å²) in [6, 6.07) is 0.206. The van der Waals surface area contributed by atoms with Crippen molar-refractivity contribution in [2.45, 2.75) is 39.8 Å². The van der Waals surface area contributed by atoms with Crippen molar-refractivity contribution in [2.75, 3.05) is 26.7 Å². The molecule has 15 heavy (non-hydrogen) atoms. The summed E-state index contributed by atoms with van der Waals surface area (Å²) in [5.74, 6) is 0.0430. The molecule has 2 N–H and O–H groups in total. The van der Waals surface area contributed by atoms with Gasteiger partial charge in [-0.05, 0) is 26.9 Å². The molecule has 0 rings (SSSR count). The van der Waals surface area contributed by atoms with Crippen LogP contribution < -0.4 is 10.6 Å². The molecule has 2 atom stereocenters. The monoisotopic (exact) mass is 215 g/mol. The molecular weight excluding hydrogens is 190 g/mol. The average molecular weight is 215 g/mol. The third-order valence-corrected chi connectivity index (χ3v) is 2.60. The summed E-state index contributed by atoms with van der Waals surface area (Å²) in [5, 5.41) is 5.91. The average Bonchev–Trinajstić information content (AvgIpc) is 2.24. The van der Waals surface area contributed by atoms with Gasteiger partial charge >= 0.3 is 0 Å². The molecule has 0 aromatic heterocycles. The van der Waals surface area contributed by atoms with Crippen molar-refractivity contribution in [1.29, 1.82) is 0 Å². The van der Waals surface area contributed by atoms with Gasteiger partial charge < -0.3 is 15.5 Å². The third kappa shape index (κ3) is 5.74. The highest BCUT2D eigenvalue weighted by atomic mass is 16.2. The molecule has 0 fully saturated rings. The minimum absolute atomic E-state index is 0.0430. The van der Waals surface area contributed by atoms with Crippen LogP contribution in [0.25, 0.3) is 0 Å². The van der Waals surface area contributed by atoms with Gasteiger partial charge in [-0.15, -0.1) is 0 Å². The number of hydrogen-bond donors (Lipinski definition) is 2. The van der Waals surface area contributed by atoms with Crippen LogP contribution in [0, 0.1) is 0 Å². The van der Waals surface area contributed by atoms with Gasteiger partial charge in [0.1, 0.15) is 0 Å². The SMILES string of the molecule is CCN(CC)CC(C)NC(C)C(=O)NC. The van der Waals surface area contributed by atoms with E-state index in [2.05, 4.69) is 36.3 Å². The molecule has 4 nitrogen and oxygen atoms in total. The fourth-order valence-electron chi connectivity index (χ4n) is 1.64. The summed E-state index contributed by atoms with van der Waals surface area (Å²) in [4.78, 5) is 13.6. The molecule has 0 aromatic carbocycles. The Hall–Kier alpha value is -0.610. The number of carbonyl (C=O) groups excluding carboxylic acids is 1. The van der Waals surface area contributed by atoms with Crippen LogP contribution in [0.3, 0.4) is 0 Å². The normalized spacial score (nSPS) is 15.1. The maximum absolute atomic E-state index is 11.3. The molecule has 0 aliphatic heterocycles. The molecule has 0 bridgehead atoms. The Bertz CT molecular complexity index is 181. The molecule has 0 spiro atoms. The largest absolute Gasteiger partial charge is 0.358 e. The topological polar surface area (TPSA) is 44.4 Å². The fourth-order valence-corrected chi connectivity index (χ4v) is 1.64. The van der Waals surface area contributed by atoms with E-state index in [4.69, 9.17) is 0 Å². The van der Waals surface area contributed by atoms with E-state index in [9.17, 15) is 4.79 Å². The second-order valence-corrected chi connectivity index (χ2v) is 3.89. The Labute approximate surface area is 93.4 Å². The van der Waals surface area contributed by atoms with Crippen molar-refractivity contribution >= 4 is 5.91 Å². The molecule has 2 unspecified atom stereocenters. The van der Waals surface area contributed by atoms with Crippen molar-refractivity contribution in [2.24, 2.45) is 0 Å². The second kappa shape index (κ2) is 7.65. The molecule has 90 valence electrons. The molecule has 0 aliphatic rings.